The summed E-state index contributed by atoms with van der Waals surface area (Å²) < 4.78 is 1.63. The molecule has 1 atom stereocenters. The highest BCUT2D eigenvalue weighted by Crippen LogP contribution is 2.18. The molecule has 1 aromatic rings. The number of aromatic amines is 1. The Morgan fingerprint density at radius 3 is 2.89 bits per heavy atom. The molecule has 19 heavy (non-hydrogen) atoms. The van der Waals surface area contributed by atoms with E-state index in [0.29, 0.717) is 5.16 Å². The van der Waals surface area contributed by atoms with Crippen molar-refractivity contribution in [3.8, 4) is 6.07 Å². The zero-order valence-corrected chi connectivity index (χ0v) is 12.5. The van der Waals surface area contributed by atoms with Crippen molar-refractivity contribution in [1.29, 1.82) is 5.26 Å². The van der Waals surface area contributed by atoms with Crippen molar-refractivity contribution in [2.75, 3.05) is 12.3 Å². The van der Waals surface area contributed by atoms with Crippen LogP contribution in [-0.4, -0.2) is 33.1 Å². The number of nitrogens with zero attached hydrogens (tertiary/aromatic N) is 3. The van der Waals surface area contributed by atoms with Crippen molar-refractivity contribution < 1.29 is 0 Å². The molecule has 0 bridgehead atoms. The van der Waals surface area contributed by atoms with E-state index in [0.717, 1.165) is 25.1 Å². The molecular formula is C12H21N5OS. The molecular weight excluding hydrogens is 262 g/mol. The van der Waals surface area contributed by atoms with Crippen molar-refractivity contribution >= 4 is 11.8 Å². The molecule has 2 N–H and O–H groups in total. The lowest BCUT2D eigenvalue weighted by molar-refractivity contribution is 0.533. The van der Waals surface area contributed by atoms with Gasteiger partial charge in [0.2, 0.25) is 0 Å². The SMILES string of the molecule is CCCNC(C#N)CCSc1n[nH]c(=O)n1C(C)C. The summed E-state index contributed by atoms with van der Waals surface area (Å²) in [5, 5.41) is 19.3. The number of rotatable bonds is 8. The van der Waals surface area contributed by atoms with Gasteiger partial charge >= 0.3 is 5.69 Å². The van der Waals surface area contributed by atoms with Gasteiger partial charge in [0, 0.05) is 11.8 Å². The van der Waals surface area contributed by atoms with Crippen LogP contribution in [0.3, 0.4) is 0 Å². The summed E-state index contributed by atoms with van der Waals surface area (Å²) in [7, 11) is 0. The second-order valence-electron chi connectivity index (χ2n) is 4.55. The van der Waals surface area contributed by atoms with Gasteiger partial charge in [-0.1, -0.05) is 18.7 Å². The molecule has 0 aliphatic carbocycles. The number of aromatic nitrogens is 3. The Kier molecular flexibility index (Phi) is 6.67. The van der Waals surface area contributed by atoms with Gasteiger partial charge in [-0.05, 0) is 33.2 Å². The van der Waals surface area contributed by atoms with Gasteiger partial charge in [0.15, 0.2) is 5.16 Å². The van der Waals surface area contributed by atoms with Crippen molar-refractivity contribution in [2.45, 2.75) is 50.9 Å². The Morgan fingerprint density at radius 2 is 2.32 bits per heavy atom. The fourth-order valence-electron chi connectivity index (χ4n) is 1.65. The molecule has 1 heterocycles. The van der Waals surface area contributed by atoms with Gasteiger partial charge in [-0.25, -0.2) is 9.89 Å². The van der Waals surface area contributed by atoms with Crippen LogP contribution in [-0.2, 0) is 0 Å². The van der Waals surface area contributed by atoms with Crippen LogP contribution >= 0.6 is 11.8 Å². The molecule has 106 valence electrons. The molecule has 7 heteroatoms. The maximum atomic E-state index is 11.5. The van der Waals surface area contributed by atoms with E-state index < -0.39 is 0 Å². The Labute approximate surface area is 117 Å². The van der Waals surface area contributed by atoms with Gasteiger partial charge in [-0.15, -0.1) is 5.10 Å². The lowest BCUT2D eigenvalue weighted by Crippen LogP contribution is -2.28. The van der Waals surface area contributed by atoms with E-state index in [9.17, 15) is 4.79 Å². The van der Waals surface area contributed by atoms with Crippen LogP contribution in [0.5, 0.6) is 0 Å². The summed E-state index contributed by atoms with van der Waals surface area (Å²) in [5.41, 5.74) is -0.182. The first kappa shape index (κ1) is 15.8. The van der Waals surface area contributed by atoms with Crippen LogP contribution in [0.2, 0.25) is 0 Å². The lowest BCUT2D eigenvalue weighted by atomic mass is 10.2. The van der Waals surface area contributed by atoms with E-state index >= 15 is 0 Å². The van der Waals surface area contributed by atoms with Crippen molar-refractivity contribution in [3.05, 3.63) is 10.5 Å². The average molecular weight is 283 g/mol. The van der Waals surface area contributed by atoms with Crippen LogP contribution in [0.25, 0.3) is 0 Å². The minimum atomic E-state index is -0.182. The fourth-order valence-corrected chi connectivity index (χ4v) is 2.73. The summed E-state index contributed by atoms with van der Waals surface area (Å²) in [6, 6.07) is 2.19. The van der Waals surface area contributed by atoms with Crippen LogP contribution < -0.4 is 11.0 Å². The topological polar surface area (TPSA) is 86.5 Å². The Hall–Kier alpha value is -1.26. The first-order valence-electron chi connectivity index (χ1n) is 6.52. The molecule has 1 aromatic heterocycles. The molecule has 0 saturated carbocycles. The molecule has 6 nitrogen and oxygen atoms in total. The standard InChI is InChI=1S/C12H21N5OS/c1-4-6-14-10(8-13)5-7-19-12-16-15-11(18)17(12)9(2)3/h9-10,14H,4-7H2,1-3H3,(H,15,18). The van der Waals surface area contributed by atoms with Gasteiger partial charge in [0.05, 0.1) is 12.1 Å². The van der Waals surface area contributed by atoms with Gasteiger partial charge in [-0.3, -0.25) is 4.57 Å². The molecule has 0 spiro atoms. The van der Waals surface area contributed by atoms with Crippen LogP contribution in [0.1, 0.15) is 39.7 Å². The van der Waals surface area contributed by atoms with Gasteiger partial charge in [0.25, 0.3) is 0 Å². The fraction of sp³-hybridized carbons (Fsp3) is 0.750. The molecule has 0 aliphatic heterocycles. The van der Waals surface area contributed by atoms with E-state index in [4.69, 9.17) is 5.26 Å². The Morgan fingerprint density at radius 1 is 1.58 bits per heavy atom. The zero-order valence-electron chi connectivity index (χ0n) is 11.6. The third-order valence-electron chi connectivity index (χ3n) is 2.62. The minimum Gasteiger partial charge on any atom is -0.302 e. The summed E-state index contributed by atoms with van der Waals surface area (Å²) >= 11 is 1.50. The van der Waals surface area contributed by atoms with E-state index in [1.165, 1.54) is 11.8 Å². The average Bonchev–Trinajstić information content (AvgIpc) is 2.75. The number of nitriles is 1. The van der Waals surface area contributed by atoms with Crippen LogP contribution in [0.4, 0.5) is 0 Å². The summed E-state index contributed by atoms with van der Waals surface area (Å²) in [4.78, 5) is 11.5. The predicted molar refractivity (Wildman–Crippen MR) is 76.3 cm³/mol. The van der Waals surface area contributed by atoms with Gasteiger partial charge in [-0.2, -0.15) is 5.26 Å². The predicted octanol–water partition coefficient (Wildman–Crippen LogP) is 1.53. The highest BCUT2D eigenvalue weighted by atomic mass is 32.2. The summed E-state index contributed by atoms with van der Waals surface area (Å²) in [6.45, 7) is 6.81. The number of nitrogens with one attached hydrogen (secondary N) is 2. The van der Waals surface area contributed by atoms with Gasteiger partial charge < -0.3 is 5.32 Å². The molecule has 0 fully saturated rings. The summed E-state index contributed by atoms with van der Waals surface area (Å²) in [6.07, 6.45) is 1.75. The number of hydrogen-bond donors (Lipinski definition) is 2. The monoisotopic (exact) mass is 283 g/mol. The van der Waals surface area contributed by atoms with E-state index in [2.05, 4.69) is 28.5 Å². The van der Waals surface area contributed by atoms with E-state index in [1.807, 2.05) is 13.8 Å². The smallest absolute Gasteiger partial charge is 0.302 e. The quantitative estimate of drug-likeness (QED) is 0.706. The molecule has 0 saturated heterocycles. The number of hydrogen-bond acceptors (Lipinski definition) is 5. The maximum Gasteiger partial charge on any atom is 0.344 e. The molecule has 0 radical (unpaired) electrons. The minimum absolute atomic E-state index is 0.0822. The third-order valence-corrected chi connectivity index (χ3v) is 3.61. The first-order chi connectivity index (χ1) is 9.10. The molecule has 0 aliphatic rings. The Balaban J connectivity index is 2.49. The van der Waals surface area contributed by atoms with Crippen LogP contribution in [0.15, 0.2) is 9.95 Å². The molecule has 0 amide bonds. The van der Waals surface area contributed by atoms with Gasteiger partial charge in [0.1, 0.15) is 0 Å². The maximum absolute atomic E-state index is 11.5. The van der Waals surface area contributed by atoms with Crippen molar-refractivity contribution in [2.24, 2.45) is 0 Å². The van der Waals surface area contributed by atoms with E-state index in [-0.39, 0.29) is 17.8 Å². The van der Waals surface area contributed by atoms with E-state index in [1.54, 1.807) is 4.57 Å². The van der Waals surface area contributed by atoms with Crippen molar-refractivity contribution in [3.63, 3.8) is 0 Å². The molecule has 0 aromatic carbocycles. The molecule has 1 unspecified atom stereocenters. The normalized spacial score (nSPS) is 12.6. The first-order valence-corrected chi connectivity index (χ1v) is 7.51. The largest absolute Gasteiger partial charge is 0.344 e. The second kappa shape index (κ2) is 8.02. The molecule has 1 rings (SSSR count). The second-order valence-corrected chi connectivity index (χ2v) is 5.61. The summed E-state index contributed by atoms with van der Waals surface area (Å²) in [5.74, 6) is 0.756. The third kappa shape index (κ3) is 4.73. The van der Waals surface area contributed by atoms with Crippen molar-refractivity contribution in [1.82, 2.24) is 20.1 Å². The number of H-pyrrole nitrogens is 1. The zero-order chi connectivity index (χ0) is 14.3. The highest BCUT2D eigenvalue weighted by Gasteiger charge is 2.13. The van der Waals surface area contributed by atoms with Crippen LogP contribution in [0, 0.1) is 11.3 Å². The highest BCUT2D eigenvalue weighted by molar-refractivity contribution is 7.99. The Bertz CT molecular complexity index is 473. The number of thioether (sulfide) groups is 1. The lowest BCUT2D eigenvalue weighted by Gasteiger charge is -2.11.